The van der Waals surface area contributed by atoms with E-state index in [1.807, 2.05) is 6.92 Å². The van der Waals surface area contributed by atoms with Crippen LogP contribution in [0, 0.1) is 5.82 Å². The Morgan fingerprint density at radius 2 is 2.11 bits per heavy atom. The second kappa shape index (κ2) is 6.29. The van der Waals surface area contributed by atoms with Gasteiger partial charge in [-0.05, 0) is 42.0 Å². The van der Waals surface area contributed by atoms with E-state index < -0.39 is 15.8 Å². The van der Waals surface area contributed by atoms with Crippen molar-refractivity contribution in [2.75, 3.05) is 13.6 Å². The zero-order valence-electron chi connectivity index (χ0n) is 9.80. The third kappa shape index (κ3) is 3.89. The zero-order valence-corrected chi connectivity index (χ0v) is 13.0. The van der Waals surface area contributed by atoms with E-state index in [0.717, 1.165) is 12.1 Å². The highest BCUT2D eigenvalue weighted by molar-refractivity contribution is 9.10. The van der Waals surface area contributed by atoms with Crippen LogP contribution >= 0.6 is 27.5 Å². The average molecular weight is 360 g/mol. The van der Waals surface area contributed by atoms with Crippen LogP contribution in [-0.2, 0) is 10.0 Å². The lowest BCUT2D eigenvalue weighted by Crippen LogP contribution is -2.37. The number of halogens is 3. The standard InChI is InChI=1S/C10H13BrClFN2O2S/c1-6(14-2)5-15-18(16,17)10-8(11)3-7(13)4-9(10)12/h3-4,6,14-15H,5H2,1-2H3. The van der Waals surface area contributed by atoms with Crippen LogP contribution in [0.2, 0.25) is 5.02 Å². The van der Waals surface area contributed by atoms with E-state index in [4.69, 9.17) is 11.6 Å². The molecule has 0 amide bonds. The summed E-state index contributed by atoms with van der Waals surface area (Å²) in [7, 11) is -2.06. The first-order valence-electron chi connectivity index (χ1n) is 5.09. The fourth-order valence-corrected chi connectivity index (χ4v) is 4.14. The molecule has 0 aromatic heterocycles. The maximum absolute atomic E-state index is 13.0. The van der Waals surface area contributed by atoms with Gasteiger partial charge >= 0.3 is 0 Å². The molecule has 0 saturated carbocycles. The number of hydrogen-bond acceptors (Lipinski definition) is 3. The van der Waals surface area contributed by atoms with Gasteiger partial charge in [0.1, 0.15) is 10.7 Å². The fourth-order valence-electron chi connectivity index (χ4n) is 1.19. The molecule has 0 fully saturated rings. The van der Waals surface area contributed by atoms with Crippen LogP contribution < -0.4 is 10.0 Å². The summed E-state index contributed by atoms with van der Waals surface area (Å²) >= 11 is 8.76. The van der Waals surface area contributed by atoms with Gasteiger partial charge in [-0.2, -0.15) is 0 Å². The van der Waals surface area contributed by atoms with E-state index in [0.29, 0.717) is 0 Å². The minimum absolute atomic E-state index is 0.0298. The lowest BCUT2D eigenvalue weighted by atomic mass is 10.3. The van der Waals surface area contributed by atoms with Gasteiger partial charge in [-0.15, -0.1) is 0 Å². The first kappa shape index (κ1) is 15.8. The molecule has 0 aliphatic carbocycles. The number of sulfonamides is 1. The monoisotopic (exact) mass is 358 g/mol. The Morgan fingerprint density at radius 3 is 2.61 bits per heavy atom. The van der Waals surface area contributed by atoms with E-state index in [2.05, 4.69) is 26.0 Å². The Labute approximate surface area is 119 Å². The molecule has 18 heavy (non-hydrogen) atoms. The quantitative estimate of drug-likeness (QED) is 0.847. The van der Waals surface area contributed by atoms with Gasteiger partial charge in [0.05, 0.1) is 5.02 Å². The summed E-state index contributed by atoms with van der Waals surface area (Å²) in [5, 5.41) is 2.74. The topological polar surface area (TPSA) is 58.2 Å². The lowest BCUT2D eigenvalue weighted by molar-refractivity contribution is 0.553. The number of rotatable bonds is 5. The van der Waals surface area contributed by atoms with Crippen molar-refractivity contribution in [2.24, 2.45) is 0 Å². The van der Waals surface area contributed by atoms with E-state index >= 15 is 0 Å². The molecule has 1 aromatic carbocycles. The Kier molecular flexibility index (Phi) is 5.54. The summed E-state index contributed by atoms with van der Waals surface area (Å²) in [6.45, 7) is 2.03. The van der Waals surface area contributed by atoms with Crippen molar-refractivity contribution in [3.05, 3.63) is 27.4 Å². The second-order valence-corrected chi connectivity index (χ2v) is 6.71. The van der Waals surface area contributed by atoms with Gasteiger partial charge in [0.15, 0.2) is 0 Å². The highest BCUT2D eigenvalue weighted by atomic mass is 79.9. The molecule has 0 saturated heterocycles. The summed E-state index contributed by atoms with van der Waals surface area (Å²) in [4.78, 5) is -0.158. The third-order valence-corrected chi connectivity index (χ3v) is 5.13. The molecule has 0 bridgehead atoms. The van der Waals surface area contributed by atoms with Crippen LogP contribution in [0.15, 0.2) is 21.5 Å². The number of nitrogens with one attached hydrogen (secondary N) is 2. The number of hydrogen-bond donors (Lipinski definition) is 2. The number of benzene rings is 1. The molecule has 0 aliphatic rings. The Hall–Kier alpha value is -0.210. The summed E-state index contributed by atoms with van der Waals surface area (Å²) in [5.41, 5.74) is 0. The molecule has 1 unspecified atom stereocenters. The molecule has 102 valence electrons. The van der Waals surface area contributed by atoms with Gasteiger partial charge in [-0.25, -0.2) is 17.5 Å². The molecule has 0 spiro atoms. The predicted octanol–water partition coefficient (Wildman–Crippen LogP) is 2.13. The minimum atomic E-state index is -3.78. The average Bonchev–Trinajstić information content (AvgIpc) is 2.24. The maximum atomic E-state index is 13.0. The van der Waals surface area contributed by atoms with Gasteiger partial charge in [0.2, 0.25) is 10.0 Å². The van der Waals surface area contributed by atoms with Crippen LogP contribution in [0.4, 0.5) is 4.39 Å². The molecule has 1 rings (SSSR count). The van der Waals surface area contributed by atoms with Gasteiger partial charge in [0, 0.05) is 17.1 Å². The first-order valence-corrected chi connectivity index (χ1v) is 7.75. The van der Waals surface area contributed by atoms with E-state index in [1.165, 1.54) is 0 Å². The molecule has 8 heteroatoms. The van der Waals surface area contributed by atoms with Crippen LogP contribution in [-0.4, -0.2) is 28.1 Å². The molecule has 4 nitrogen and oxygen atoms in total. The summed E-state index contributed by atoms with van der Waals surface area (Å²) in [6, 6.07) is 1.99. The first-order chi connectivity index (χ1) is 8.27. The lowest BCUT2D eigenvalue weighted by Gasteiger charge is -2.13. The van der Waals surface area contributed by atoms with Gasteiger partial charge < -0.3 is 5.32 Å². The SMILES string of the molecule is CNC(C)CNS(=O)(=O)c1c(Cl)cc(F)cc1Br. The second-order valence-electron chi connectivity index (χ2n) is 3.74. The van der Waals surface area contributed by atoms with E-state index in [-0.39, 0.29) is 27.0 Å². The van der Waals surface area contributed by atoms with Crippen molar-refractivity contribution in [3.63, 3.8) is 0 Å². The van der Waals surface area contributed by atoms with Crippen molar-refractivity contribution in [1.82, 2.24) is 10.0 Å². The Bertz CT molecular complexity index is 516. The van der Waals surface area contributed by atoms with Crippen molar-refractivity contribution in [3.8, 4) is 0 Å². The maximum Gasteiger partial charge on any atom is 0.243 e. The Morgan fingerprint density at radius 1 is 1.50 bits per heavy atom. The van der Waals surface area contributed by atoms with Gasteiger partial charge in [-0.3, -0.25) is 0 Å². The third-order valence-electron chi connectivity index (χ3n) is 2.30. The normalized spacial score (nSPS) is 13.6. The van der Waals surface area contributed by atoms with Gasteiger partial charge in [-0.1, -0.05) is 11.6 Å². The van der Waals surface area contributed by atoms with Crippen LogP contribution in [0.25, 0.3) is 0 Å². The molecule has 0 heterocycles. The van der Waals surface area contributed by atoms with Gasteiger partial charge in [0.25, 0.3) is 0 Å². The molecular formula is C10H13BrClFN2O2S. The highest BCUT2D eigenvalue weighted by Gasteiger charge is 2.22. The van der Waals surface area contributed by atoms with Crippen LogP contribution in [0.5, 0.6) is 0 Å². The zero-order chi connectivity index (χ0) is 13.9. The highest BCUT2D eigenvalue weighted by Crippen LogP contribution is 2.30. The molecule has 1 aromatic rings. The van der Waals surface area contributed by atoms with Crippen molar-refractivity contribution >= 4 is 37.6 Å². The summed E-state index contributed by atoms with van der Waals surface area (Å²) < 4.78 is 39.6. The van der Waals surface area contributed by atoms with Crippen molar-refractivity contribution in [1.29, 1.82) is 0 Å². The molecule has 1 atom stereocenters. The summed E-state index contributed by atoms with van der Waals surface area (Å²) in [6.07, 6.45) is 0. The van der Waals surface area contributed by atoms with Crippen molar-refractivity contribution < 1.29 is 12.8 Å². The Balaban J connectivity index is 3.06. The van der Waals surface area contributed by atoms with E-state index in [1.54, 1.807) is 7.05 Å². The fraction of sp³-hybridized carbons (Fsp3) is 0.400. The largest absolute Gasteiger partial charge is 0.316 e. The molecule has 2 N–H and O–H groups in total. The van der Waals surface area contributed by atoms with Crippen molar-refractivity contribution in [2.45, 2.75) is 17.9 Å². The molecular weight excluding hydrogens is 347 g/mol. The summed E-state index contributed by atoms with van der Waals surface area (Å²) in [5.74, 6) is -0.602. The molecule has 0 aliphatic heterocycles. The minimum Gasteiger partial charge on any atom is -0.316 e. The van der Waals surface area contributed by atoms with Crippen LogP contribution in [0.3, 0.4) is 0 Å². The van der Waals surface area contributed by atoms with Crippen LogP contribution in [0.1, 0.15) is 6.92 Å². The van der Waals surface area contributed by atoms with E-state index in [9.17, 15) is 12.8 Å². The molecule has 0 radical (unpaired) electrons. The smallest absolute Gasteiger partial charge is 0.243 e. The number of likely N-dealkylation sites (N-methyl/N-ethyl adjacent to an activating group) is 1. The predicted molar refractivity (Wildman–Crippen MR) is 72.8 cm³/mol.